The molecular weight excluding hydrogens is 1970 g/mol. The average molecular weight is 2110 g/mol. The third-order valence-electron chi connectivity index (χ3n) is 23.3. The molecule has 18 nitrogen and oxygen atoms in total. The van der Waals surface area contributed by atoms with E-state index in [0.717, 1.165) is 102 Å². The Balaban J connectivity index is 0.000000215. The highest BCUT2D eigenvalue weighted by molar-refractivity contribution is 9.10. The van der Waals surface area contributed by atoms with Gasteiger partial charge in [0.15, 0.2) is 0 Å². The van der Waals surface area contributed by atoms with E-state index in [2.05, 4.69) is 15.9 Å². The van der Waals surface area contributed by atoms with Crippen LogP contribution in [0.1, 0.15) is 293 Å². The van der Waals surface area contributed by atoms with Crippen molar-refractivity contribution in [3.8, 4) is 34.5 Å². The number of hydrogen-bond acceptors (Lipinski definition) is 18. The van der Waals surface area contributed by atoms with Crippen LogP contribution in [0.5, 0.6) is 34.5 Å². The number of esters is 6. The minimum absolute atomic E-state index is 0.0472. The van der Waals surface area contributed by atoms with Crippen molar-refractivity contribution in [3.05, 3.63) is 382 Å². The summed E-state index contributed by atoms with van der Waals surface area (Å²) in [5, 5.41) is 0.401. The monoisotopic (exact) mass is 2100 g/mol. The molecular formula is C121H136BrClF6O18. The number of benzene rings is 12. The van der Waals surface area contributed by atoms with Gasteiger partial charge in [-0.2, -0.15) is 0 Å². The maximum Gasteiger partial charge on any atom is 0.338 e. The predicted molar refractivity (Wildman–Crippen MR) is 567 cm³/mol. The number of carbonyl (C=O) groups is 6. The van der Waals surface area contributed by atoms with Gasteiger partial charge in [0.05, 0.1) is 70.0 Å². The van der Waals surface area contributed by atoms with Crippen molar-refractivity contribution in [3.63, 3.8) is 0 Å². The van der Waals surface area contributed by atoms with Gasteiger partial charge in [-0.05, 0) is 379 Å². The van der Waals surface area contributed by atoms with Crippen molar-refractivity contribution >= 4 is 63.3 Å². The summed E-state index contributed by atoms with van der Waals surface area (Å²) in [4.78, 5) is 73.9. The Hall–Kier alpha value is -13.4. The maximum atomic E-state index is 13.9. The van der Waals surface area contributed by atoms with Crippen molar-refractivity contribution in [2.75, 3.05) is 0 Å². The summed E-state index contributed by atoms with van der Waals surface area (Å²) in [6.45, 7) is 49.9. The second-order valence-electron chi connectivity index (χ2n) is 37.8. The first-order valence-electron chi connectivity index (χ1n) is 48.9. The number of carbonyl (C=O) groups excluding carboxylic acids is 6. The molecule has 1 aliphatic rings. The summed E-state index contributed by atoms with van der Waals surface area (Å²) in [5.74, 6) is -0.903. The highest BCUT2D eigenvalue weighted by Gasteiger charge is 2.31. The van der Waals surface area contributed by atoms with E-state index in [0.29, 0.717) is 123 Å². The molecule has 1 fully saturated rings. The molecule has 0 heterocycles. The fourth-order valence-corrected chi connectivity index (χ4v) is 16.1. The van der Waals surface area contributed by atoms with Gasteiger partial charge in [0, 0.05) is 79.3 Å². The molecule has 26 heteroatoms. The molecule has 12 aromatic rings. The SMILES string of the molecule is CCc1cccc(C(=O)OC(C)C)c1COc1cc(F)c(C)cc1C.Cc1cc(C)c(OCc2c(Br)cccc2C(=O)OC(C)C)cc1F.Cc1cc(C)c(OCc2c(C(=O)OC(C)C)cccc2C2CC2)cc1F.Cc1cc(C)c(OCc2c(C)cccc2C(=O)OC(C)C)cc1F.Cc1cc(C)c(OCc2c(C)cccc2C(=O)OC(C)C)cc1F.Cc1cc(C)c(OCc2c(Cl)cccc2C(=O)OC(C)C)cc1F. The second-order valence-corrected chi connectivity index (χ2v) is 39.1. The van der Waals surface area contributed by atoms with Crippen LogP contribution in [0.15, 0.2) is 186 Å². The maximum absolute atomic E-state index is 13.9. The zero-order valence-corrected chi connectivity index (χ0v) is 91.4. The molecule has 0 saturated heterocycles. The number of ether oxygens (including phenoxy) is 12. The minimum atomic E-state index is -0.460. The van der Waals surface area contributed by atoms with Gasteiger partial charge >= 0.3 is 35.8 Å². The Kier molecular flexibility index (Phi) is 45.2. The van der Waals surface area contributed by atoms with Gasteiger partial charge in [0.1, 0.15) is 109 Å². The van der Waals surface area contributed by atoms with Gasteiger partial charge in [-0.1, -0.05) is 95.1 Å². The Morgan fingerprint density at radius 2 is 0.490 bits per heavy atom. The smallest absolute Gasteiger partial charge is 0.338 e. The molecule has 0 atom stereocenters. The largest absolute Gasteiger partial charge is 0.488 e. The predicted octanol–water partition coefficient (Wildman–Crippen LogP) is 31.0. The first-order chi connectivity index (χ1) is 69.4. The van der Waals surface area contributed by atoms with Crippen LogP contribution in [0.4, 0.5) is 26.3 Å². The van der Waals surface area contributed by atoms with E-state index in [4.69, 9.17) is 68.4 Å². The Labute approximate surface area is 874 Å². The van der Waals surface area contributed by atoms with Gasteiger partial charge in [-0.15, -0.1) is 0 Å². The number of rotatable bonds is 32. The van der Waals surface area contributed by atoms with Crippen LogP contribution in [-0.2, 0) is 74.5 Å². The molecule has 0 radical (unpaired) electrons. The van der Waals surface area contributed by atoms with Gasteiger partial charge in [-0.3, -0.25) is 0 Å². The first-order valence-corrected chi connectivity index (χ1v) is 50.1. The summed E-state index contributed by atoms with van der Waals surface area (Å²) in [6.07, 6.45) is 1.79. The van der Waals surface area contributed by atoms with E-state index in [9.17, 15) is 55.1 Å². The van der Waals surface area contributed by atoms with Crippen LogP contribution in [0.2, 0.25) is 5.02 Å². The lowest BCUT2D eigenvalue weighted by atomic mass is 9.98. The van der Waals surface area contributed by atoms with E-state index in [-0.39, 0.29) is 135 Å². The van der Waals surface area contributed by atoms with Crippen molar-refractivity contribution in [2.45, 2.75) is 288 Å². The van der Waals surface area contributed by atoms with Crippen LogP contribution in [0.3, 0.4) is 0 Å². The Morgan fingerprint density at radius 1 is 0.272 bits per heavy atom. The van der Waals surface area contributed by atoms with Crippen molar-refractivity contribution in [1.29, 1.82) is 0 Å². The Bertz CT molecular complexity index is 6120. The number of hydrogen-bond donors (Lipinski definition) is 0. The van der Waals surface area contributed by atoms with E-state index >= 15 is 0 Å². The molecule has 0 bridgehead atoms. The fourth-order valence-electron chi connectivity index (χ4n) is 15.4. The van der Waals surface area contributed by atoms with Crippen LogP contribution in [0, 0.1) is 132 Å². The molecule has 12 aromatic carbocycles. The quantitative estimate of drug-likeness (QED) is 0.0218. The van der Waals surface area contributed by atoms with Gasteiger partial charge in [-0.25, -0.2) is 55.1 Å². The molecule has 1 saturated carbocycles. The second kappa shape index (κ2) is 56.0. The van der Waals surface area contributed by atoms with Crippen LogP contribution in [0.25, 0.3) is 0 Å². The van der Waals surface area contributed by atoms with Crippen molar-refractivity contribution < 1.29 is 112 Å². The minimum Gasteiger partial charge on any atom is -0.488 e. The Morgan fingerprint density at radius 3 is 0.769 bits per heavy atom. The summed E-state index contributed by atoms with van der Waals surface area (Å²) in [7, 11) is 0. The normalized spacial score (nSPS) is 11.3. The summed E-state index contributed by atoms with van der Waals surface area (Å²) >= 11 is 9.65. The molecule has 0 spiro atoms. The summed E-state index contributed by atoms with van der Waals surface area (Å²) < 4.78 is 150. The average Bonchev–Trinajstić information content (AvgIpc) is 1.65. The van der Waals surface area contributed by atoms with Gasteiger partial charge in [0.25, 0.3) is 0 Å². The molecule has 0 aliphatic heterocycles. The lowest BCUT2D eigenvalue weighted by Crippen LogP contribution is -2.16. The molecule has 784 valence electrons. The van der Waals surface area contributed by atoms with Crippen LogP contribution >= 0.6 is 27.5 Å². The zero-order chi connectivity index (χ0) is 109. The molecule has 147 heavy (non-hydrogen) atoms. The molecule has 13 rings (SSSR count). The number of aryl methyl sites for hydroxylation is 15. The third-order valence-corrected chi connectivity index (χ3v) is 24.4. The summed E-state index contributed by atoms with van der Waals surface area (Å²) in [6, 6.07) is 51.2. The van der Waals surface area contributed by atoms with Crippen LogP contribution < -0.4 is 28.4 Å². The van der Waals surface area contributed by atoms with Crippen LogP contribution in [-0.4, -0.2) is 72.4 Å². The van der Waals surface area contributed by atoms with E-state index < -0.39 is 11.9 Å². The molecule has 0 aromatic heterocycles. The molecule has 1 aliphatic carbocycles. The highest BCUT2D eigenvalue weighted by Crippen LogP contribution is 2.44. The topological polar surface area (TPSA) is 213 Å². The number of halogens is 8. The van der Waals surface area contributed by atoms with E-state index in [1.165, 1.54) is 36.4 Å². The lowest BCUT2D eigenvalue weighted by molar-refractivity contribution is 0.0364. The molecule has 0 unspecified atom stereocenters. The third kappa shape index (κ3) is 35.2. The highest BCUT2D eigenvalue weighted by atomic mass is 79.9. The standard InChI is InChI=1S/C22H25FO3.C21H25FO3.2C20H23FO3.C19H20BrFO3.C19H20ClFO3/c1-13(2)26-22(24)18-7-5-6-17(16-8-9-16)19(18)12-25-21-11-20(23)14(3)10-15(21)4;1-6-16-8-7-9-17(21(23)25-13(2)3)18(16)12-24-20-11-19(22)14(4)10-15(20)5;2*1-12(2)24-20(22)16-8-6-7-13(3)17(16)11-23-19-10-18(21)14(4)9-15(19)5;2*1-11(2)24-19(22)14-6-5-7-16(20)15(14)10-23-18-9-17(21)12(3)8-13(18)4/h5-7,10-11,13,16H,8-9,12H2,1-4H3;7-11,13H,6,12H2,1-5H3;2*6-10,12H,11H2,1-5H3;2*5-9,11H,10H2,1-4H3. The lowest BCUT2D eigenvalue weighted by Gasteiger charge is -2.17. The van der Waals surface area contributed by atoms with E-state index in [1.807, 2.05) is 172 Å². The van der Waals surface area contributed by atoms with Gasteiger partial charge in [0.2, 0.25) is 0 Å². The molecule has 0 N–H and O–H groups in total. The van der Waals surface area contributed by atoms with E-state index in [1.54, 1.807) is 160 Å². The zero-order valence-electron chi connectivity index (χ0n) is 89.1. The first kappa shape index (κ1) is 119. The van der Waals surface area contributed by atoms with Crippen molar-refractivity contribution in [2.24, 2.45) is 0 Å². The molecule has 0 amide bonds. The summed E-state index contributed by atoms with van der Waals surface area (Å²) in [5.41, 5.74) is 19.7. The van der Waals surface area contributed by atoms with Gasteiger partial charge < -0.3 is 56.8 Å². The van der Waals surface area contributed by atoms with Crippen molar-refractivity contribution in [1.82, 2.24) is 0 Å². The fraction of sp³-hybridized carbons (Fsp3) is 0.355.